The normalized spacial score (nSPS) is 11.9. The topological polar surface area (TPSA) is 17.8 Å². The summed E-state index contributed by atoms with van der Waals surface area (Å²) in [7, 11) is 0. The first-order valence-electron chi connectivity index (χ1n) is 5.57. The number of fused-ring (bicyclic) bond motifs is 1. The highest BCUT2D eigenvalue weighted by atomic mass is 19.4. The molecule has 0 saturated carbocycles. The second-order valence-corrected chi connectivity index (χ2v) is 4.09. The van der Waals surface area contributed by atoms with E-state index in [0.29, 0.717) is 5.69 Å². The fourth-order valence-electron chi connectivity index (χ4n) is 1.91. The van der Waals surface area contributed by atoms with E-state index in [1.165, 1.54) is 12.1 Å². The third-order valence-electron chi connectivity index (χ3n) is 2.85. The molecule has 19 heavy (non-hydrogen) atoms. The zero-order chi connectivity index (χ0) is 13.5. The van der Waals surface area contributed by atoms with E-state index in [9.17, 15) is 13.2 Å². The van der Waals surface area contributed by atoms with E-state index in [-0.39, 0.29) is 0 Å². The number of alkyl halides is 3. The first-order chi connectivity index (χ1) is 9.05. The summed E-state index contributed by atoms with van der Waals surface area (Å²) in [5.41, 5.74) is 0.758. The molecular weight excluding hydrogens is 253 g/mol. The van der Waals surface area contributed by atoms with Crippen LogP contribution < -0.4 is 0 Å². The van der Waals surface area contributed by atoms with Crippen molar-refractivity contribution in [3.05, 3.63) is 60.3 Å². The number of benzene rings is 2. The molecule has 1 aromatic heterocycles. The predicted octanol–water partition coefficient (Wildman–Crippen LogP) is 3.84. The van der Waals surface area contributed by atoms with E-state index in [1.54, 1.807) is 23.0 Å². The lowest BCUT2D eigenvalue weighted by molar-refractivity contribution is -0.137. The van der Waals surface area contributed by atoms with Crippen molar-refractivity contribution in [2.45, 2.75) is 6.18 Å². The van der Waals surface area contributed by atoms with Crippen LogP contribution in [0.15, 0.2) is 48.7 Å². The van der Waals surface area contributed by atoms with Crippen molar-refractivity contribution < 1.29 is 13.2 Å². The molecule has 5 heteroatoms. The summed E-state index contributed by atoms with van der Waals surface area (Å²) in [6, 6.07) is 13.2. The maximum absolute atomic E-state index is 12.5. The number of aromatic nitrogens is 2. The molecule has 0 N–H and O–H groups in total. The smallest absolute Gasteiger partial charge is 0.233 e. The Bertz CT molecular complexity index is 711. The minimum atomic E-state index is -4.32. The van der Waals surface area contributed by atoms with Crippen LogP contribution in [0.4, 0.5) is 13.2 Å². The first-order valence-corrected chi connectivity index (χ1v) is 5.57. The molecule has 3 aromatic rings. The quantitative estimate of drug-likeness (QED) is 0.650. The standard InChI is InChI=1S/C14H8F3N2/c15-14(16,17)11-5-7-12(8-6-11)19-13-4-2-1-3-10(13)9-18-19/h2-9H. The zero-order valence-electron chi connectivity index (χ0n) is 9.65. The molecule has 0 unspecified atom stereocenters. The summed E-state index contributed by atoms with van der Waals surface area (Å²) >= 11 is 0. The van der Waals surface area contributed by atoms with Crippen molar-refractivity contribution in [1.82, 2.24) is 9.78 Å². The number of halogens is 3. The van der Waals surface area contributed by atoms with Gasteiger partial charge in [0, 0.05) is 5.39 Å². The maximum atomic E-state index is 12.5. The summed E-state index contributed by atoms with van der Waals surface area (Å²) in [4.78, 5) is 0. The Morgan fingerprint density at radius 1 is 1.05 bits per heavy atom. The summed E-state index contributed by atoms with van der Waals surface area (Å²) < 4.78 is 39.1. The molecule has 0 spiro atoms. The van der Waals surface area contributed by atoms with Gasteiger partial charge in [-0.3, -0.25) is 0 Å². The molecule has 2 aromatic carbocycles. The van der Waals surface area contributed by atoms with Crippen molar-refractivity contribution in [2.75, 3.05) is 0 Å². The Morgan fingerprint density at radius 2 is 1.79 bits per heavy atom. The third-order valence-corrected chi connectivity index (χ3v) is 2.85. The van der Waals surface area contributed by atoms with E-state index in [4.69, 9.17) is 0 Å². The van der Waals surface area contributed by atoms with Gasteiger partial charge in [0.15, 0.2) is 0 Å². The minimum Gasteiger partial charge on any atom is -0.233 e. The lowest BCUT2D eigenvalue weighted by atomic mass is 10.2. The molecular formula is C14H8F3N2. The molecule has 0 atom stereocenters. The highest BCUT2D eigenvalue weighted by Crippen LogP contribution is 2.30. The fourth-order valence-corrected chi connectivity index (χ4v) is 1.91. The molecule has 2 nitrogen and oxygen atoms in total. The number of nitrogens with zero attached hydrogens (tertiary/aromatic N) is 2. The minimum absolute atomic E-state index is 0.592. The van der Waals surface area contributed by atoms with Gasteiger partial charge < -0.3 is 0 Å². The van der Waals surface area contributed by atoms with Gasteiger partial charge in [-0.05, 0) is 42.5 Å². The summed E-state index contributed by atoms with van der Waals surface area (Å²) in [6.07, 6.45) is -2.66. The van der Waals surface area contributed by atoms with Gasteiger partial charge in [-0.1, -0.05) is 6.07 Å². The van der Waals surface area contributed by atoms with Crippen molar-refractivity contribution in [1.29, 1.82) is 0 Å². The van der Waals surface area contributed by atoms with Crippen LogP contribution in [0.5, 0.6) is 0 Å². The first kappa shape index (κ1) is 11.8. The average Bonchev–Trinajstić information content (AvgIpc) is 2.82. The molecule has 95 valence electrons. The van der Waals surface area contributed by atoms with Crippen LogP contribution in [0.25, 0.3) is 16.6 Å². The Balaban J connectivity index is 2.07. The van der Waals surface area contributed by atoms with Gasteiger partial charge in [0.05, 0.1) is 23.0 Å². The lowest BCUT2D eigenvalue weighted by Crippen LogP contribution is -2.05. The molecule has 0 aliphatic rings. The van der Waals surface area contributed by atoms with Crippen LogP contribution >= 0.6 is 0 Å². The molecule has 3 rings (SSSR count). The molecule has 0 saturated heterocycles. The van der Waals surface area contributed by atoms with E-state index in [2.05, 4.69) is 11.2 Å². The molecule has 0 aliphatic heterocycles. The zero-order valence-corrected chi connectivity index (χ0v) is 9.65. The Kier molecular flexibility index (Phi) is 2.55. The highest BCUT2D eigenvalue weighted by Gasteiger charge is 2.30. The van der Waals surface area contributed by atoms with E-state index in [0.717, 1.165) is 23.0 Å². The molecule has 0 aliphatic carbocycles. The Morgan fingerprint density at radius 3 is 2.47 bits per heavy atom. The second-order valence-electron chi connectivity index (χ2n) is 4.09. The second kappa shape index (κ2) is 4.12. The van der Waals surface area contributed by atoms with Gasteiger partial charge in [0.2, 0.25) is 0 Å². The largest absolute Gasteiger partial charge is 0.416 e. The fraction of sp³-hybridized carbons (Fsp3) is 0.0714. The number of rotatable bonds is 1. The summed E-state index contributed by atoms with van der Waals surface area (Å²) in [5.74, 6) is 0. The van der Waals surface area contributed by atoms with Crippen molar-refractivity contribution in [3.8, 4) is 5.69 Å². The van der Waals surface area contributed by atoms with Crippen LogP contribution in [0.1, 0.15) is 5.56 Å². The van der Waals surface area contributed by atoms with Gasteiger partial charge in [0.1, 0.15) is 0 Å². The summed E-state index contributed by atoms with van der Waals surface area (Å²) in [6.45, 7) is 0. The van der Waals surface area contributed by atoms with Gasteiger partial charge in [0.25, 0.3) is 0 Å². The maximum Gasteiger partial charge on any atom is 0.416 e. The van der Waals surface area contributed by atoms with E-state index >= 15 is 0 Å². The molecule has 0 amide bonds. The monoisotopic (exact) mass is 261 g/mol. The third kappa shape index (κ3) is 2.07. The van der Waals surface area contributed by atoms with Crippen molar-refractivity contribution in [2.24, 2.45) is 0 Å². The van der Waals surface area contributed by atoms with Crippen LogP contribution in [0.3, 0.4) is 0 Å². The molecule has 1 radical (unpaired) electrons. The van der Waals surface area contributed by atoms with Crippen LogP contribution in [0, 0.1) is 6.07 Å². The number of hydrogen-bond acceptors (Lipinski definition) is 1. The molecule has 1 heterocycles. The Labute approximate surface area is 107 Å². The number of hydrogen-bond donors (Lipinski definition) is 0. The van der Waals surface area contributed by atoms with E-state index < -0.39 is 11.7 Å². The van der Waals surface area contributed by atoms with Crippen molar-refractivity contribution in [3.63, 3.8) is 0 Å². The van der Waals surface area contributed by atoms with Gasteiger partial charge in [-0.2, -0.15) is 18.3 Å². The van der Waals surface area contributed by atoms with Crippen LogP contribution in [0.2, 0.25) is 0 Å². The van der Waals surface area contributed by atoms with Crippen molar-refractivity contribution >= 4 is 10.9 Å². The average molecular weight is 261 g/mol. The van der Waals surface area contributed by atoms with Gasteiger partial charge in [-0.15, -0.1) is 0 Å². The SMILES string of the molecule is FC(F)(F)c1ccc(-n2ncc3c[c]ccc32)cc1. The summed E-state index contributed by atoms with van der Waals surface area (Å²) in [5, 5.41) is 5.06. The Hall–Kier alpha value is -2.30. The lowest BCUT2D eigenvalue weighted by Gasteiger charge is -2.08. The van der Waals surface area contributed by atoms with E-state index in [1.807, 2.05) is 6.07 Å². The van der Waals surface area contributed by atoms with Crippen LogP contribution in [-0.4, -0.2) is 9.78 Å². The highest BCUT2D eigenvalue weighted by molar-refractivity contribution is 5.79. The molecule has 0 fully saturated rings. The predicted molar refractivity (Wildman–Crippen MR) is 64.9 cm³/mol. The van der Waals surface area contributed by atoms with Gasteiger partial charge >= 0.3 is 6.18 Å². The molecule has 0 bridgehead atoms. The van der Waals surface area contributed by atoms with Crippen LogP contribution in [-0.2, 0) is 6.18 Å². The van der Waals surface area contributed by atoms with Gasteiger partial charge in [-0.25, -0.2) is 4.68 Å².